The Hall–Kier alpha value is -1.00. The second kappa shape index (κ2) is 7.27. The molecular weight excluding hydrogens is 304 g/mol. The molecule has 4 aliphatic rings. The molecule has 126 valence electrons. The van der Waals surface area contributed by atoms with Gasteiger partial charge in [0.15, 0.2) is 0 Å². The maximum atomic E-state index is 9.72. The molecule has 0 aromatic rings. The lowest BCUT2D eigenvalue weighted by Gasteiger charge is -2.37. The Morgan fingerprint density at radius 2 is 2.13 bits per heavy atom. The Bertz CT molecular complexity index is 554. The van der Waals surface area contributed by atoms with Crippen molar-refractivity contribution in [2.45, 2.75) is 51.5 Å². The molecule has 2 bridgehead atoms. The first-order chi connectivity index (χ1) is 11.1. The summed E-state index contributed by atoms with van der Waals surface area (Å²) in [7, 11) is 2.25. The van der Waals surface area contributed by atoms with Crippen molar-refractivity contribution in [2.24, 2.45) is 9.81 Å². The third kappa shape index (κ3) is 3.74. The van der Waals surface area contributed by atoms with Crippen LogP contribution in [0.25, 0.3) is 0 Å². The van der Waals surface area contributed by atoms with Crippen molar-refractivity contribution in [3.8, 4) is 0 Å². The van der Waals surface area contributed by atoms with Crippen LogP contribution in [0.1, 0.15) is 45.4 Å². The summed E-state index contributed by atoms with van der Waals surface area (Å²) in [6, 6.07) is 0.727. The summed E-state index contributed by atoms with van der Waals surface area (Å²) >= 11 is 1.70. The van der Waals surface area contributed by atoms with Crippen LogP contribution in [0.4, 0.5) is 0 Å². The third-order valence-electron chi connectivity index (χ3n) is 5.54. The molecule has 0 radical (unpaired) electrons. The SMILES string of the molecule is CCS/N=C1\CN(C)C2CCC1(CC1=CC=C(O)CC=C1)CC2. The van der Waals surface area contributed by atoms with E-state index in [9.17, 15) is 5.11 Å². The van der Waals surface area contributed by atoms with Gasteiger partial charge in [0.05, 0.1) is 5.76 Å². The van der Waals surface area contributed by atoms with Crippen molar-refractivity contribution in [2.75, 3.05) is 19.3 Å². The number of hydrogen-bond acceptors (Lipinski definition) is 4. The quantitative estimate of drug-likeness (QED) is 0.759. The Kier molecular flexibility index (Phi) is 5.32. The molecule has 0 unspecified atom stereocenters. The van der Waals surface area contributed by atoms with Gasteiger partial charge in [0, 0.05) is 35.9 Å². The van der Waals surface area contributed by atoms with Crippen LogP contribution < -0.4 is 0 Å². The minimum atomic E-state index is 0.216. The number of rotatable bonds is 4. The van der Waals surface area contributed by atoms with Crippen LogP contribution in [0, 0.1) is 5.41 Å². The Morgan fingerprint density at radius 1 is 1.35 bits per heavy atom. The Labute approximate surface area is 144 Å². The highest BCUT2D eigenvalue weighted by Gasteiger charge is 2.44. The lowest BCUT2D eigenvalue weighted by Crippen LogP contribution is -2.34. The minimum Gasteiger partial charge on any atom is -0.512 e. The molecule has 2 heterocycles. The molecule has 2 saturated heterocycles. The maximum Gasteiger partial charge on any atom is 0.0960 e. The van der Waals surface area contributed by atoms with Crippen molar-refractivity contribution in [3.63, 3.8) is 0 Å². The summed E-state index contributed by atoms with van der Waals surface area (Å²) < 4.78 is 4.94. The van der Waals surface area contributed by atoms with Crippen molar-refractivity contribution in [3.05, 3.63) is 35.6 Å². The third-order valence-corrected chi connectivity index (χ3v) is 6.15. The fourth-order valence-electron chi connectivity index (χ4n) is 4.13. The van der Waals surface area contributed by atoms with E-state index < -0.39 is 0 Å². The molecule has 2 aliphatic carbocycles. The van der Waals surface area contributed by atoms with E-state index in [4.69, 9.17) is 4.40 Å². The van der Waals surface area contributed by atoms with Gasteiger partial charge in [-0.25, -0.2) is 4.40 Å². The summed E-state index contributed by atoms with van der Waals surface area (Å²) in [6.45, 7) is 3.18. The highest BCUT2D eigenvalue weighted by molar-refractivity contribution is 7.98. The zero-order chi connectivity index (χ0) is 16.3. The number of hydrogen-bond donors (Lipinski definition) is 1. The summed E-state index contributed by atoms with van der Waals surface area (Å²) in [5, 5.41) is 9.72. The van der Waals surface area contributed by atoms with Crippen molar-refractivity contribution in [1.82, 2.24) is 4.90 Å². The molecule has 2 aliphatic heterocycles. The van der Waals surface area contributed by atoms with Gasteiger partial charge in [-0.15, -0.1) is 0 Å². The largest absolute Gasteiger partial charge is 0.512 e. The van der Waals surface area contributed by atoms with Crippen LogP contribution in [0.2, 0.25) is 0 Å². The molecule has 4 heteroatoms. The fourth-order valence-corrected chi connectivity index (χ4v) is 4.67. The molecule has 0 aromatic carbocycles. The monoisotopic (exact) mass is 332 g/mol. The van der Waals surface area contributed by atoms with Gasteiger partial charge in [-0.05, 0) is 62.7 Å². The molecule has 1 saturated carbocycles. The van der Waals surface area contributed by atoms with Gasteiger partial charge in [0.25, 0.3) is 0 Å². The van der Waals surface area contributed by atoms with E-state index in [0.29, 0.717) is 12.2 Å². The second-order valence-corrected chi connectivity index (χ2v) is 8.08. The summed E-state index contributed by atoms with van der Waals surface area (Å²) in [5.74, 6) is 1.49. The smallest absolute Gasteiger partial charge is 0.0960 e. The van der Waals surface area contributed by atoms with E-state index in [1.54, 1.807) is 11.9 Å². The predicted molar refractivity (Wildman–Crippen MR) is 100 cm³/mol. The number of aliphatic hydroxyl groups is 1. The van der Waals surface area contributed by atoms with E-state index in [0.717, 1.165) is 24.8 Å². The molecule has 3 fully saturated rings. The number of nitrogens with zero attached hydrogens (tertiary/aromatic N) is 2. The van der Waals surface area contributed by atoms with E-state index >= 15 is 0 Å². The first-order valence-electron chi connectivity index (χ1n) is 8.78. The average molecular weight is 333 g/mol. The van der Waals surface area contributed by atoms with Gasteiger partial charge >= 0.3 is 0 Å². The molecule has 0 spiro atoms. The van der Waals surface area contributed by atoms with Gasteiger partial charge < -0.3 is 5.11 Å². The van der Waals surface area contributed by atoms with E-state index in [1.165, 1.54) is 37.0 Å². The average Bonchev–Trinajstić information content (AvgIpc) is 2.88. The van der Waals surface area contributed by atoms with Gasteiger partial charge in [-0.1, -0.05) is 25.2 Å². The van der Waals surface area contributed by atoms with Crippen LogP contribution in [0.3, 0.4) is 0 Å². The first-order valence-corrected chi connectivity index (χ1v) is 9.72. The zero-order valence-electron chi connectivity index (χ0n) is 14.3. The number of allylic oxidation sites excluding steroid dienone is 5. The highest BCUT2D eigenvalue weighted by Crippen LogP contribution is 2.47. The van der Waals surface area contributed by atoms with Crippen molar-refractivity contribution >= 4 is 17.7 Å². The highest BCUT2D eigenvalue weighted by atomic mass is 32.2. The van der Waals surface area contributed by atoms with E-state index in [-0.39, 0.29) is 5.41 Å². The fraction of sp³-hybridized carbons (Fsp3) is 0.632. The summed E-state index contributed by atoms with van der Waals surface area (Å²) in [4.78, 5) is 2.51. The number of fused-ring (bicyclic) bond motifs is 4. The van der Waals surface area contributed by atoms with Gasteiger partial charge in [-0.3, -0.25) is 4.90 Å². The predicted octanol–water partition coefficient (Wildman–Crippen LogP) is 4.69. The maximum absolute atomic E-state index is 9.72. The molecule has 3 nitrogen and oxygen atoms in total. The van der Waals surface area contributed by atoms with E-state index in [1.807, 2.05) is 6.08 Å². The summed E-state index contributed by atoms with van der Waals surface area (Å²) in [6.07, 6.45) is 15.0. The first kappa shape index (κ1) is 16.8. The summed E-state index contributed by atoms with van der Waals surface area (Å²) in [5.41, 5.74) is 2.93. The normalized spacial score (nSPS) is 33.3. The molecule has 0 amide bonds. The van der Waals surface area contributed by atoms with Gasteiger partial charge in [0.1, 0.15) is 0 Å². The Balaban J connectivity index is 1.89. The van der Waals surface area contributed by atoms with Crippen LogP contribution in [-0.2, 0) is 0 Å². The zero-order valence-corrected chi connectivity index (χ0v) is 15.1. The van der Waals surface area contributed by atoms with Gasteiger partial charge in [-0.2, -0.15) is 0 Å². The van der Waals surface area contributed by atoms with Gasteiger partial charge in [0.2, 0.25) is 0 Å². The van der Waals surface area contributed by atoms with Crippen LogP contribution in [0.5, 0.6) is 0 Å². The molecule has 1 N–H and O–H groups in total. The molecular formula is C19H28N2OS. The Morgan fingerprint density at radius 3 is 2.87 bits per heavy atom. The lowest BCUT2D eigenvalue weighted by atomic mass is 9.67. The standard InChI is InChI=1S/C19H28N2OS/c1-3-23-20-18-14-21(2)16-9-11-19(18,12-10-16)13-15-5-4-6-17(22)8-7-15/h4-5,7-8,16,22H,3,6,9-14H2,1-2H3/b20-18+. The van der Waals surface area contributed by atoms with Crippen LogP contribution in [0.15, 0.2) is 40.0 Å². The lowest BCUT2D eigenvalue weighted by molar-refractivity contribution is 0.189. The van der Waals surface area contributed by atoms with Crippen molar-refractivity contribution < 1.29 is 5.11 Å². The number of aliphatic hydroxyl groups excluding tert-OH is 1. The van der Waals surface area contributed by atoms with Crippen LogP contribution >= 0.6 is 11.9 Å². The molecule has 4 rings (SSSR count). The molecule has 0 aromatic heterocycles. The second-order valence-electron chi connectivity index (χ2n) is 7.07. The van der Waals surface area contributed by atoms with Crippen molar-refractivity contribution in [1.29, 1.82) is 0 Å². The topological polar surface area (TPSA) is 35.8 Å². The minimum absolute atomic E-state index is 0.216. The van der Waals surface area contributed by atoms with Crippen LogP contribution in [-0.4, -0.2) is 41.1 Å². The molecule has 23 heavy (non-hydrogen) atoms. The molecule has 0 atom stereocenters. The van der Waals surface area contributed by atoms with E-state index in [2.05, 4.69) is 37.1 Å².